The lowest BCUT2D eigenvalue weighted by atomic mass is 9.97. The molecule has 2 saturated heterocycles. The number of benzene rings is 1. The zero-order chi connectivity index (χ0) is 24.6. The second kappa shape index (κ2) is 9.35. The lowest BCUT2D eigenvalue weighted by Crippen LogP contribution is -2.38. The highest BCUT2D eigenvalue weighted by atomic mass is 16.2. The number of likely N-dealkylation sites (tertiary alicyclic amines) is 1. The Hall–Kier alpha value is -3.78. The Bertz CT molecular complexity index is 1380. The van der Waals surface area contributed by atoms with Crippen molar-refractivity contribution in [2.45, 2.75) is 44.7 Å². The van der Waals surface area contributed by atoms with Crippen LogP contribution >= 0.6 is 0 Å². The number of rotatable bonds is 4. The lowest BCUT2D eigenvalue weighted by molar-refractivity contribution is 0.0605. The van der Waals surface area contributed by atoms with Gasteiger partial charge in [0, 0.05) is 61.5 Å². The minimum Gasteiger partial charge on any atom is -0.355 e. The standard InChI is InChI=1S/C28H31N7O/c1-19-17-35-26(31-27(19)33-14-11-23(29)18-33)15-24(32-35)25-6-2-3-13-34(25)28(36)21-9-7-20(8-10-21)22-5-4-12-30-16-22/h4-5,7-10,12,15-17,23,25H,2-3,6,11,13-14,18,29H2,1H3. The lowest BCUT2D eigenvalue weighted by Gasteiger charge is -2.34. The van der Waals surface area contributed by atoms with Gasteiger partial charge in [-0.15, -0.1) is 0 Å². The van der Waals surface area contributed by atoms with Crippen LogP contribution in [0.5, 0.6) is 0 Å². The molecule has 3 aromatic heterocycles. The molecule has 5 heterocycles. The molecule has 2 aliphatic rings. The van der Waals surface area contributed by atoms with E-state index in [0.717, 1.165) is 79.2 Å². The molecule has 0 radical (unpaired) electrons. The van der Waals surface area contributed by atoms with Crippen molar-refractivity contribution in [1.82, 2.24) is 24.5 Å². The van der Waals surface area contributed by atoms with Gasteiger partial charge in [0.05, 0.1) is 11.7 Å². The van der Waals surface area contributed by atoms with Crippen LogP contribution in [0.3, 0.4) is 0 Å². The van der Waals surface area contributed by atoms with Gasteiger partial charge in [-0.25, -0.2) is 9.50 Å². The SMILES string of the molecule is Cc1cn2nc(C3CCCCN3C(=O)c3ccc(-c4cccnc4)cc3)cc2nc1N1CCC(N)C1. The van der Waals surface area contributed by atoms with Gasteiger partial charge in [-0.1, -0.05) is 18.2 Å². The molecule has 0 saturated carbocycles. The summed E-state index contributed by atoms with van der Waals surface area (Å²) in [6.45, 7) is 4.55. The van der Waals surface area contributed by atoms with Crippen LogP contribution in [0.1, 0.15) is 53.3 Å². The van der Waals surface area contributed by atoms with E-state index in [0.29, 0.717) is 5.56 Å². The average molecular weight is 482 g/mol. The number of aryl methyl sites for hydroxylation is 1. The second-order valence-corrected chi connectivity index (χ2v) is 9.94. The van der Waals surface area contributed by atoms with E-state index < -0.39 is 0 Å². The van der Waals surface area contributed by atoms with Gasteiger partial charge in [0.1, 0.15) is 5.82 Å². The first kappa shape index (κ1) is 22.7. The molecule has 0 aliphatic carbocycles. The Morgan fingerprint density at radius 2 is 1.92 bits per heavy atom. The van der Waals surface area contributed by atoms with Gasteiger partial charge in [-0.2, -0.15) is 5.10 Å². The number of amides is 1. The van der Waals surface area contributed by atoms with Gasteiger partial charge in [0.2, 0.25) is 0 Å². The molecule has 8 nitrogen and oxygen atoms in total. The maximum atomic E-state index is 13.6. The molecule has 2 aliphatic heterocycles. The first-order valence-corrected chi connectivity index (χ1v) is 12.8. The van der Waals surface area contributed by atoms with Crippen molar-refractivity contribution in [3.8, 4) is 11.1 Å². The fraction of sp³-hybridized carbons (Fsp3) is 0.357. The third-order valence-corrected chi connectivity index (χ3v) is 7.38. The van der Waals surface area contributed by atoms with Gasteiger partial charge < -0.3 is 15.5 Å². The first-order chi connectivity index (χ1) is 17.6. The van der Waals surface area contributed by atoms with Crippen LogP contribution in [0.25, 0.3) is 16.8 Å². The van der Waals surface area contributed by atoms with E-state index in [9.17, 15) is 4.79 Å². The van der Waals surface area contributed by atoms with Crippen molar-refractivity contribution in [2.24, 2.45) is 5.73 Å². The molecule has 1 amide bonds. The molecule has 2 N–H and O–H groups in total. The summed E-state index contributed by atoms with van der Waals surface area (Å²) in [4.78, 5) is 27.0. The van der Waals surface area contributed by atoms with Crippen molar-refractivity contribution in [3.63, 3.8) is 0 Å². The van der Waals surface area contributed by atoms with Crippen LogP contribution in [0.4, 0.5) is 5.82 Å². The minimum atomic E-state index is -0.0603. The van der Waals surface area contributed by atoms with Crippen LogP contribution < -0.4 is 10.6 Å². The van der Waals surface area contributed by atoms with Crippen LogP contribution in [0.2, 0.25) is 0 Å². The predicted molar refractivity (Wildman–Crippen MR) is 140 cm³/mol. The number of nitrogens with zero attached hydrogens (tertiary/aromatic N) is 6. The number of nitrogens with two attached hydrogens (primary N) is 1. The largest absolute Gasteiger partial charge is 0.355 e. The highest BCUT2D eigenvalue weighted by molar-refractivity contribution is 5.95. The van der Waals surface area contributed by atoms with E-state index in [2.05, 4.69) is 16.8 Å². The Morgan fingerprint density at radius 3 is 2.67 bits per heavy atom. The maximum absolute atomic E-state index is 13.6. The number of anilines is 1. The zero-order valence-corrected chi connectivity index (χ0v) is 20.5. The highest BCUT2D eigenvalue weighted by Gasteiger charge is 2.31. The van der Waals surface area contributed by atoms with Crippen LogP contribution in [0.15, 0.2) is 61.1 Å². The molecule has 2 unspecified atom stereocenters. The molecule has 4 aromatic rings. The number of carbonyl (C=O) groups is 1. The van der Waals surface area contributed by atoms with E-state index in [1.165, 1.54) is 0 Å². The molecular weight excluding hydrogens is 450 g/mol. The van der Waals surface area contributed by atoms with Crippen molar-refractivity contribution in [2.75, 3.05) is 24.5 Å². The summed E-state index contributed by atoms with van der Waals surface area (Å²) in [5.74, 6) is 1.03. The molecule has 0 spiro atoms. The monoisotopic (exact) mass is 481 g/mol. The van der Waals surface area contributed by atoms with Gasteiger partial charge in [0.25, 0.3) is 5.91 Å². The third-order valence-electron chi connectivity index (χ3n) is 7.38. The summed E-state index contributed by atoms with van der Waals surface area (Å²) in [7, 11) is 0. The quantitative estimate of drug-likeness (QED) is 0.474. The first-order valence-electron chi connectivity index (χ1n) is 12.8. The van der Waals surface area contributed by atoms with E-state index >= 15 is 0 Å². The van der Waals surface area contributed by atoms with Crippen molar-refractivity contribution in [3.05, 3.63) is 77.9 Å². The fourth-order valence-electron chi connectivity index (χ4n) is 5.47. The highest BCUT2D eigenvalue weighted by Crippen LogP contribution is 2.33. The van der Waals surface area contributed by atoms with Gasteiger partial charge in [0.15, 0.2) is 5.65 Å². The van der Waals surface area contributed by atoms with E-state index in [-0.39, 0.29) is 18.0 Å². The van der Waals surface area contributed by atoms with Crippen LogP contribution in [-0.4, -0.2) is 56.1 Å². The topological polar surface area (TPSA) is 92.6 Å². The summed E-state index contributed by atoms with van der Waals surface area (Å²) in [6, 6.07) is 13.9. The predicted octanol–water partition coefficient (Wildman–Crippen LogP) is 4.00. The summed E-state index contributed by atoms with van der Waals surface area (Å²) in [5.41, 5.74) is 11.7. The molecule has 1 aromatic carbocycles. The number of carbonyl (C=O) groups excluding carboxylic acids is 1. The van der Waals surface area contributed by atoms with Crippen LogP contribution in [0, 0.1) is 6.92 Å². The third kappa shape index (κ3) is 4.22. The van der Waals surface area contributed by atoms with Gasteiger partial charge in [-0.3, -0.25) is 9.78 Å². The summed E-state index contributed by atoms with van der Waals surface area (Å²) < 4.78 is 1.85. The number of hydrogen-bond donors (Lipinski definition) is 1. The minimum absolute atomic E-state index is 0.0466. The molecule has 0 bridgehead atoms. The smallest absolute Gasteiger partial charge is 0.254 e. The molecule has 184 valence electrons. The number of pyridine rings is 1. The van der Waals surface area contributed by atoms with E-state index in [4.69, 9.17) is 15.8 Å². The Balaban J connectivity index is 1.27. The summed E-state index contributed by atoms with van der Waals surface area (Å²) in [5, 5.41) is 4.87. The van der Waals surface area contributed by atoms with Crippen LogP contribution in [-0.2, 0) is 0 Å². The zero-order valence-electron chi connectivity index (χ0n) is 20.5. The molecule has 8 heteroatoms. The number of piperidine rings is 1. The van der Waals surface area contributed by atoms with E-state index in [1.54, 1.807) is 6.20 Å². The normalized spacial score (nSPS) is 20.3. The number of hydrogen-bond acceptors (Lipinski definition) is 6. The fourth-order valence-corrected chi connectivity index (χ4v) is 5.47. The molecular formula is C28H31N7O. The Morgan fingerprint density at radius 1 is 1.06 bits per heavy atom. The molecule has 2 atom stereocenters. The van der Waals surface area contributed by atoms with E-state index in [1.807, 2.05) is 64.3 Å². The van der Waals surface area contributed by atoms with Crippen molar-refractivity contribution >= 4 is 17.4 Å². The van der Waals surface area contributed by atoms with Gasteiger partial charge >= 0.3 is 0 Å². The van der Waals surface area contributed by atoms with Crippen molar-refractivity contribution in [1.29, 1.82) is 0 Å². The maximum Gasteiger partial charge on any atom is 0.254 e. The second-order valence-electron chi connectivity index (χ2n) is 9.94. The molecule has 2 fully saturated rings. The Labute approximate surface area is 210 Å². The number of aromatic nitrogens is 4. The Kier molecular flexibility index (Phi) is 5.89. The summed E-state index contributed by atoms with van der Waals surface area (Å²) in [6.07, 6.45) is 9.59. The number of fused-ring (bicyclic) bond motifs is 1. The summed E-state index contributed by atoms with van der Waals surface area (Å²) >= 11 is 0. The average Bonchev–Trinajstić information content (AvgIpc) is 3.54. The molecule has 36 heavy (non-hydrogen) atoms. The van der Waals surface area contributed by atoms with Gasteiger partial charge in [-0.05, 0) is 61.9 Å². The van der Waals surface area contributed by atoms with Crippen molar-refractivity contribution < 1.29 is 4.79 Å². The molecule has 6 rings (SSSR count).